The Kier molecular flexibility index (Phi) is 6.30. The molecular formula is C13H25N3O4S. The summed E-state index contributed by atoms with van der Waals surface area (Å²) in [7, 11) is -3.16. The van der Waals surface area contributed by atoms with E-state index in [1.54, 1.807) is 0 Å². The molecule has 1 atom stereocenters. The first-order valence-electron chi connectivity index (χ1n) is 7.08. The number of Topliss-reactive ketones (excluding diaryl/α,β-unsaturated/α-hetero) is 1. The number of piperazine rings is 1. The van der Waals surface area contributed by atoms with Crippen LogP contribution in [0.2, 0.25) is 0 Å². The fourth-order valence-electron chi connectivity index (χ4n) is 2.38. The van der Waals surface area contributed by atoms with E-state index in [4.69, 9.17) is 0 Å². The van der Waals surface area contributed by atoms with E-state index in [1.807, 2.05) is 18.7 Å². The molecule has 0 aliphatic carbocycles. The quantitative estimate of drug-likeness (QED) is 0.699. The van der Waals surface area contributed by atoms with Crippen LogP contribution < -0.4 is 5.32 Å². The monoisotopic (exact) mass is 319 g/mol. The van der Waals surface area contributed by atoms with Gasteiger partial charge in [-0.3, -0.25) is 14.5 Å². The van der Waals surface area contributed by atoms with Gasteiger partial charge in [0.1, 0.15) is 0 Å². The van der Waals surface area contributed by atoms with Gasteiger partial charge in [-0.2, -0.15) is 4.31 Å². The summed E-state index contributed by atoms with van der Waals surface area (Å²) in [5, 5.41) is 2.74. The predicted octanol–water partition coefficient (Wildman–Crippen LogP) is -0.707. The second kappa shape index (κ2) is 7.33. The van der Waals surface area contributed by atoms with Crippen LogP contribution >= 0.6 is 0 Å². The fourth-order valence-corrected chi connectivity index (χ4v) is 3.21. The molecule has 1 unspecified atom stereocenters. The largest absolute Gasteiger partial charge is 0.345 e. The van der Waals surface area contributed by atoms with E-state index in [9.17, 15) is 18.0 Å². The minimum absolute atomic E-state index is 0.0496. The van der Waals surface area contributed by atoms with Gasteiger partial charge in [0.2, 0.25) is 15.9 Å². The summed E-state index contributed by atoms with van der Waals surface area (Å²) in [5.74, 6) is -0.203. The third kappa shape index (κ3) is 5.72. The molecule has 122 valence electrons. The molecule has 8 heteroatoms. The maximum absolute atomic E-state index is 12.0. The van der Waals surface area contributed by atoms with E-state index in [0.717, 1.165) is 0 Å². The number of nitrogens with zero attached hydrogens (tertiary/aromatic N) is 2. The smallest absolute Gasteiger partial charge is 0.234 e. The Balaban J connectivity index is 2.45. The molecule has 1 fully saturated rings. The van der Waals surface area contributed by atoms with Crippen LogP contribution in [0.25, 0.3) is 0 Å². The second-order valence-electron chi connectivity index (χ2n) is 5.84. The number of ketones is 1. The highest BCUT2D eigenvalue weighted by Gasteiger charge is 2.26. The normalized spacial score (nSPS) is 19.5. The summed E-state index contributed by atoms with van der Waals surface area (Å²) in [6.07, 6.45) is 1.19. The Hall–Kier alpha value is -0.990. The van der Waals surface area contributed by atoms with Gasteiger partial charge in [0.25, 0.3) is 0 Å². The fraction of sp³-hybridized carbons (Fsp3) is 0.846. The zero-order chi connectivity index (χ0) is 16.2. The molecule has 0 saturated carbocycles. The van der Waals surface area contributed by atoms with Crippen LogP contribution in [0.1, 0.15) is 20.8 Å². The van der Waals surface area contributed by atoms with Crippen molar-refractivity contribution in [3.8, 4) is 0 Å². The van der Waals surface area contributed by atoms with Crippen LogP contribution in [0.3, 0.4) is 0 Å². The maximum Gasteiger partial charge on any atom is 0.234 e. The van der Waals surface area contributed by atoms with Gasteiger partial charge in [0.05, 0.1) is 18.8 Å². The predicted molar refractivity (Wildman–Crippen MR) is 80.3 cm³/mol. The van der Waals surface area contributed by atoms with Crippen LogP contribution in [-0.4, -0.2) is 74.3 Å². The van der Waals surface area contributed by atoms with Gasteiger partial charge in [-0.05, 0) is 12.8 Å². The Labute approximate surface area is 126 Å². The van der Waals surface area contributed by atoms with E-state index in [2.05, 4.69) is 5.32 Å². The first-order valence-corrected chi connectivity index (χ1v) is 8.93. The molecular weight excluding hydrogens is 294 g/mol. The van der Waals surface area contributed by atoms with Gasteiger partial charge in [0, 0.05) is 26.2 Å². The molecule has 1 amide bonds. The Morgan fingerprint density at radius 2 is 1.67 bits per heavy atom. The minimum atomic E-state index is -3.16. The highest BCUT2D eigenvalue weighted by atomic mass is 32.2. The standard InChI is InChI=1S/C13H25N3O4S/c1-10(2)13(11(3)17)14-12(18)9-15-5-7-16(8-6-15)21(4,19)20/h10,13H,5-9H2,1-4H3,(H,14,18). The molecule has 1 N–H and O–H groups in total. The van der Waals surface area contributed by atoms with E-state index in [0.29, 0.717) is 26.2 Å². The highest BCUT2D eigenvalue weighted by molar-refractivity contribution is 7.88. The van der Waals surface area contributed by atoms with Crippen molar-refractivity contribution in [3.05, 3.63) is 0 Å². The van der Waals surface area contributed by atoms with Crippen molar-refractivity contribution in [2.24, 2.45) is 5.92 Å². The molecule has 1 aliphatic rings. The van der Waals surface area contributed by atoms with Crippen molar-refractivity contribution < 1.29 is 18.0 Å². The first-order chi connectivity index (χ1) is 9.61. The zero-order valence-electron chi connectivity index (χ0n) is 13.1. The van der Waals surface area contributed by atoms with Gasteiger partial charge < -0.3 is 5.32 Å². The van der Waals surface area contributed by atoms with Crippen molar-refractivity contribution in [1.82, 2.24) is 14.5 Å². The van der Waals surface area contributed by atoms with Gasteiger partial charge in [0.15, 0.2) is 5.78 Å². The summed E-state index contributed by atoms with van der Waals surface area (Å²) >= 11 is 0. The van der Waals surface area contributed by atoms with E-state index in [-0.39, 0.29) is 24.2 Å². The van der Waals surface area contributed by atoms with Crippen molar-refractivity contribution in [2.45, 2.75) is 26.8 Å². The molecule has 1 heterocycles. The van der Waals surface area contributed by atoms with Crippen LogP contribution in [-0.2, 0) is 19.6 Å². The van der Waals surface area contributed by atoms with Gasteiger partial charge >= 0.3 is 0 Å². The lowest BCUT2D eigenvalue weighted by Gasteiger charge is -2.33. The van der Waals surface area contributed by atoms with Crippen LogP contribution in [0.15, 0.2) is 0 Å². The van der Waals surface area contributed by atoms with Crippen molar-refractivity contribution >= 4 is 21.7 Å². The third-order valence-electron chi connectivity index (χ3n) is 3.59. The van der Waals surface area contributed by atoms with Crippen molar-refractivity contribution in [1.29, 1.82) is 0 Å². The minimum Gasteiger partial charge on any atom is -0.345 e. The van der Waals surface area contributed by atoms with Crippen LogP contribution in [0.5, 0.6) is 0 Å². The summed E-state index contributed by atoms with van der Waals surface area (Å²) in [6.45, 7) is 7.26. The molecule has 0 aromatic carbocycles. The molecule has 1 rings (SSSR count). The third-order valence-corrected chi connectivity index (χ3v) is 4.89. The van der Waals surface area contributed by atoms with Gasteiger partial charge in [-0.1, -0.05) is 13.8 Å². The molecule has 1 saturated heterocycles. The summed E-state index contributed by atoms with van der Waals surface area (Å²) < 4.78 is 24.2. The Bertz CT molecular complexity index is 482. The van der Waals surface area contributed by atoms with Crippen molar-refractivity contribution in [3.63, 3.8) is 0 Å². The molecule has 0 aromatic rings. The molecule has 7 nitrogen and oxygen atoms in total. The first kappa shape index (κ1) is 18.1. The van der Waals surface area contributed by atoms with Crippen molar-refractivity contribution in [2.75, 3.05) is 39.0 Å². The van der Waals surface area contributed by atoms with Crippen LogP contribution in [0.4, 0.5) is 0 Å². The Morgan fingerprint density at radius 3 is 2.05 bits per heavy atom. The average Bonchev–Trinajstić information content (AvgIpc) is 2.34. The lowest BCUT2D eigenvalue weighted by atomic mass is 10.0. The lowest BCUT2D eigenvalue weighted by Crippen LogP contribution is -2.52. The molecule has 0 bridgehead atoms. The molecule has 21 heavy (non-hydrogen) atoms. The number of hydrogen-bond donors (Lipinski definition) is 1. The molecule has 0 radical (unpaired) electrons. The number of hydrogen-bond acceptors (Lipinski definition) is 5. The lowest BCUT2D eigenvalue weighted by molar-refractivity contribution is -0.128. The topological polar surface area (TPSA) is 86.8 Å². The molecule has 0 aromatic heterocycles. The number of carbonyl (C=O) groups is 2. The number of sulfonamides is 1. The SMILES string of the molecule is CC(=O)C(NC(=O)CN1CCN(S(C)(=O)=O)CC1)C(C)C. The van der Waals surface area contributed by atoms with Crippen LogP contribution in [0, 0.1) is 5.92 Å². The molecule has 1 aliphatic heterocycles. The Morgan fingerprint density at radius 1 is 1.14 bits per heavy atom. The summed E-state index contributed by atoms with van der Waals surface area (Å²) in [4.78, 5) is 25.3. The number of carbonyl (C=O) groups excluding carboxylic acids is 2. The maximum atomic E-state index is 12.0. The number of rotatable bonds is 6. The summed E-state index contributed by atoms with van der Waals surface area (Å²) in [5.41, 5.74) is 0. The number of nitrogens with one attached hydrogen (secondary N) is 1. The van der Waals surface area contributed by atoms with E-state index < -0.39 is 16.1 Å². The molecule has 0 spiro atoms. The summed E-state index contributed by atoms with van der Waals surface area (Å²) in [6, 6.07) is -0.463. The zero-order valence-corrected chi connectivity index (χ0v) is 13.9. The van der Waals surface area contributed by atoms with E-state index >= 15 is 0 Å². The van der Waals surface area contributed by atoms with Gasteiger partial charge in [-0.15, -0.1) is 0 Å². The van der Waals surface area contributed by atoms with E-state index in [1.165, 1.54) is 17.5 Å². The van der Waals surface area contributed by atoms with Gasteiger partial charge in [-0.25, -0.2) is 8.42 Å². The highest BCUT2D eigenvalue weighted by Crippen LogP contribution is 2.06. The number of amides is 1. The second-order valence-corrected chi connectivity index (χ2v) is 7.82. The average molecular weight is 319 g/mol.